The molecule has 36 heavy (non-hydrogen) atoms. The molecule has 6 rings (SSSR count). The van der Waals surface area contributed by atoms with Gasteiger partial charge in [0.2, 0.25) is 0 Å². The zero-order valence-electron chi connectivity index (χ0n) is 20.2. The van der Waals surface area contributed by atoms with Crippen LogP contribution in [-0.2, 0) is 16.8 Å². The minimum atomic E-state index is 0. The fourth-order valence-electron chi connectivity index (χ4n) is 4.83. The number of hydrogen-bond donors (Lipinski definition) is 0. The van der Waals surface area contributed by atoms with E-state index in [9.17, 15) is 0 Å². The van der Waals surface area contributed by atoms with E-state index in [0.717, 1.165) is 12.8 Å². The maximum atomic E-state index is 2.25. The Bertz CT molecular complexity index is 1250. The van der Waals surface area contributed by atoms with E-state index in [0.29, 0.717) is 0 Å². The average molecular weight is 509 g/mol. The zero-order chi connectivity index (χ0) is 23.7. The first-order valence-electron chi connectivity index (χ1n) is 12.3. The van der Waals surface area contributed by atoms with E-state index in [4.69, 9.17) is 0 Å². The summed E-state index contributed by atoms with van der Waals surface area (Å²) < 4.78 is 0. The molecule has 0 unspecified atom stereocenters. The molecule has 0 saturated carbocycles. The molecule has 0 atom stereocenters. The topological polar surface area (TPSA) is 0 Å². The van der Waals surface area contributed by atoms with Crippen LogP contribution in [0, 0.1) is 6.42 Å². The van der Waals surface area contributed by atoms with Gasteiger partial charge in [-0.1, -0.05) is 146 Å². The summed E-state index contributed by atoms with van der Waals surface area (Å²) >= 11 is 0. The molecule has 0 aliphatic heterocycles. The smallest absolute Gasteiger partial charge is 0.00506 e. The van der Waals surface area contributed by atoms with Crippen LogP contribution in [0.3, 0.4) is 0 Å². The molecule has 0 heterocycles. The van der Waals surface area contributed by atoms with Crippen molar-refractivity contribution in [3.05, 3.63) is 174 Å². The molecule has 4 aromatic carbocycles. The van der Waals surface area contributed by atoms with Crippen LogP contribution in [0.25, 0.3) is 22.3 Å². The molecule has 2 aliphatic carbocycles. The largest absolute Gasteiger partial charge is 0.0767 e. The minimum absolute atomic E-state index is 0. The molecule has 1 heteroatoms. The van der Waals surface area contributed by atoms with E-state index in [1.54, 1.807) is 0 Å². The molecule has 0 amide bonds. The van der Waals surface area contributed by atoms with E-state index < -0.39 is 0 Å². The maximum absolute atomic E-state index is 2.25. The molecule has 0 aromatic heterocycles. The van der Waals surface area contributed by atoms with Crippen molar-refractivity contribution in [2.24, 2.45) is 0 Å². The van der Waals surface area contributed by atoms with Crippen LogP contribution in [0.1, 0.15) is 35.1 Å². The van der Waals surface area contributed by atoms with E-state index in [-0.39, 0.29) is 16.8 Å². The van der Waals surface area contributed by atoms with Crippen LogP contribution < -0.4 is 0 Å². The summed E-state index contributed by atoms with van der Waals surface area (Å²) in [6.07, 6.45) is 12.1. The molecule has 4 aromatic rings. The van der Waals surface area contributed by atoms with Crippen molar-refractivity contribution < 1.29 is 16.8 Å². The predicted molar refractivity (Wildman–Crippen MR) is 151 cm³/mol. The standard InChI is InChI=1S/C30H24.C5H5.Co/c1-5-13-23(14-6-1)27-21-22-28(24-15-7-2-8-16-24)30(26-19-11-4-12-20-26)29(27)25-17-9-3-10-18-25;1-2-4-5-3-1;/h1-20H,21-22H2;1-5H;. The second-order valence-electron chi connectivity index (χ2n) is 8.63. The van der Waals surface area contributed by atoms with Gasteiger partial charge in [0.1, 0.15) is 0 Å². The summed E-state index contributed by atoms with van der Waals surface area (Å²) in [5.41, 5.74) is 10.8. The third-order valence-corrected chi connectivity index (χ3v) is 6.40. The first kappa shape index (κ1) is 25.4. The average Bonchev–Trinajstić information content (AvgIpc) is 3.55. The van der Waals surface area contributed by atoms with Crippen molar-refractivity contribution in [3.63, 3.8) is 0 Å². The SMILES string of the molecule is [CH]1C=CC=C1.[Co].c1ccc(C2=C(c3ccccc3)C(c3ccccc3)=C(c3ccccc3)CC2)cc1. The Morgan fingerprint density at radius 2 is 0.639 bits per heavy atom. The third kappa shape index (κ3) is 5.94. The Labute approximate surface area is 225 Å². The first-order chi connectivity index (χ1) is 17.4. The van der Waals surface area contributed by atoms with Gasteiger partial charge in [-0.25, -0.2) is 0 Å². The summed E-state index contributed by atoms with van der Waals surface area (Å²) in [6, 6.07) is 43.5. The fraction of sp³-hybridized carbons (Fsp3) is 0.0571. The molecular formula is C35H29Co. The van der Waals surface area contributed by atoms with Crippen LogP contribution in [0.2, 0.25) is 0 Å². The quantitative estimate of drug-likeness (QED) is 0.258. The summed E-state index contributed by atoms with van der Waals surface area (Å²) in [6.45, 7) is 0. The minimum Gasteiger partial charge on any atom is -0.0767 e. The van der Waals surface area contributed by atoms with E-state index in [2.05, 4.69) is 121 Å². The Morgan fingerprint density at radius 1 is 0.333 bits per heavy atom. The van der Waals surface area contributed by atoms with Crippen molar-refractivity contribution in [1.82, 2.24) is 0 Å². The van der Waals surface area contributed by atoms with E-state index >= 15 is 0 Å². The summed E-state index contributed by atoms with van der Waals surface area (Å²) in [5.74, 6) is 0. The van der Waals surface area contributed by atoms with Crippen LogP contribution in [0.15, 0.2) is 146 Å². The van der Waals surface area contributed by atoms with Gasteiger partial charge in [0, 0.05) is 23.2 Å². The van der Waals surface area contributed by atoms with Crippen LogP contribution >= 0.6 is 0 Å². The molecule has 0 bridgehead atoms. The molecule has 2 aliphatic rings. The van der Waals surface area contributed by atoms with Gasteiger partial charge in [0.25, 0.3) is 0 Å². The van der Waals surface area contributed by atoms with Gasteiger partial charge in [-0.15, -0.1) is 0 Å². The number of hydrogen-bond acceptors (Lipinski definition) is 0. The second kappa shape index (κ2) is 12.9. The van der Waals surface area contributed by atoms with E-state index in [1.165, 1.54) is 44.5 Å². The molecule has 0 nitrogen and oxygen atoms in total. The molecular weight excluding hydrogens is 479 g/mol. The Balaban J connectivity index is 0.000000455. The van der Waals surface area contributed by atoms with Crippen LogP contribution in [0.5, 0.6) is 0 Å². The van der Waals surface area contributed by atoms with Crippen LogP contribution in [0.4, 0.5) is 0 Å². The van der Waals surface area contributed by atoms with Gasteiger partial charge in [0.15, 0.2) is 0 Å². The molecule has 0 saturated heterocycles. The third-order valence-electron chi connectivity index (χ3n) is 6.40. The van der Waals surface area contributed by atoms with Gasteiger partial charge < -0.3 is 0 Å². The van der Waals surface area contributed by atoms with Gasteiger partial charge in [0.05, 0.1) is 0 Å². The van der Waals surface area contributed by atoms with Crippen molar-refractivity contribution in [3.8, 4) is 0 Å². The second-order valence-corrected chi connectivity index (χ2v) is 8.63. The summed E-state index contributed by atoms with van der Waals surface area (Å²) in [7, 11) is 0. The molecule has 0 fully saturated rings. The van der Waals surface area contributed by atoms with E-state index in [1.807, 2.05) is 30.7 Å². The predicted octanol–water partition coefficient (Wildman–Crippen LogP) is 9.32. The van der Waals surface area contributed by atoms with Crippen molar-refractivity contribution in [2.75, 3.05) is 0 Å². The Hall–Kier alpha value is -3.65. The molecule has 0 N–H and O–H groups in total. The van der Waals surface area contributed by atoms with Crippen LogP contribution in [-0.4, -0.2) is 0 Å². The van der Waals surface area contributed by atoms with Gasteiger partial charge in [-0.2, -0.15) is 0 Å². The van der Waals surface area contributed by atoms with Crippen molar-refractivity contribution in [1.29, 1.82) is 0 Å². The normalized spacial score (nSPS) is 14.2. The number of allylic oxidation sites excluding steroid dienone is 8. The van der Waals surface area contributed by atoms with Crippen molar-refractivity contribution >= 4 is 22.3 Å². The van der Waals surface area contributed by atoms with Gasteiger partial charge >= 0.3 is 0 Å². The zero-order valence-corrected chi connectivity index (χ0v) is 21.2. The summed E-state index contributed by atoms with van der Waals surface area (Å²) in [5, 5.41) is 0. The number of benzene rings is 4. The van der Waals surface area contributed by atoms with Crippen molar-refractivity contribution in [2.45, 2.75) is 12.8 Å². The fourth-order valence-corrected chi connectivity index (χ4v) is 4.83. The molecule has 0 spiro atoms. The maximum Gasteiger partial charge on any atom is 0.00506 e. The first-order valence-corrected chi connectivity index (χ1v) is 12.3. The number of rotatable bonds is 4. The monoisotopic (exact) mass is 508 g/mol. The molecule has 178 valence electrons. The van der Waals surface area contributed by atoms with Gasteiger partial charge in [-0.3, -0.25) is 0 Å². The summed E-state index contributed by atoms with van der Waals surface area (Å²) in [4.78, 5) is 0. The Morgan fingerprint density at radius 3 is 0.917 bits per heavy atom. The van der Waals surface area contributed by atoms with Gasteiger partial charge in [-0.05, 0) is 57.4 Å². The Kier molecular flexibility index (Phi) is 9.10. The molecule has 2 radical (unpaired) electrons.